The number of methoxy groups -OCH3 is 1. The second-order valence-electron chi connectivity index (χ2n) is 4.48. The van der Waals surface area contributed by atoms with Gasteiger partial charge in [-0.15, -0.1) is 23.1 Å². The van der Waals surface area contributed by atoms with E-state index in [9.17, 15) is 14.4 Å². The molecule has 0 atom stereocenters. The summed E-state index contributed by atoms with van der Waals surface area (Å²) in [5.74, 6) is -1.04. The van der Waals surface area contributed by atoms with Crippen LogP contribution in [0, 0.1) is 0 Å². The highest BCUT2D eigenvalue weighted by atomic mass is 32.2. The number of Topliss-reactive ketones (excluding diaryl/α,β-unsaturated/α-hetero) is 1. The fourth-order valence-corrected chi connectivity index (χ4v) is 3.65. The number of thiophene rings is 1. The number of hydrogen-bond donors (Lipinski definition) is 1. The van der Waals surface area contributed by atoms with Crippen LogP contribution < -0.4 is 5.32 Å². The molecule has 2 aromatic rings. The molecular formula is C16H15NO4S2. The minimum absolute atomic E-state index is 0.0972. The van der Waals surface area contributed by atoms with Gasteiger partial charge in [-0.05, 0) is 12.3 Å². The molecule has 0 aliphatic rings. The Kier molecular flexibility index (Phi) is 5.95. The Morgan fingerprint density at radius 3 is 2.52 bits per heavy atom. The van der Waals surface area contributed by atoms with Crippen LogP contribution in [-0.2, 0) is 4.74 Å². The Labute approximate surface area is 142 Å². The number of hydrogen-bond acceptors (Lipinski definition) is 6. The smallest absolute Gasteiger partial charge is 0.348 e. The lowest BCUT2D eigenvalue weighted by atomic mass is 10.1. The van der Waals surface area contributed by atoms with Crippen molar-refractivity contribution in [3.8, 4) is 0 Å². The zero-order valence-corrected chi connectivity index (χ0v) is 14.3. The van der Waals surface area contributed by atoms with E-state index in [4.69, 9.17) is 0 Å². The van der Waals surface area contributed by atoms with E-state index in [1.165, 1.54) is 36.3 Å². The van der Waals surface area contributed by atoms with Crippen molar-refractivity contribution in [1.29, 1.82) is 0 Å². The van der Waals surface area contributed by atoms with Crippen molar-refractivity contribution >= 4 is 40.8 Å². The van der Waals surface area contributed by atoms with E-state index < -0.39 is 5.97 Å². The van der Waals surface area contributed by atoms with Crippen LogP contribution in [0.4, 0.5) is 0 Å². The maximum absolute atomic E-state index is 12.3. The molecule has 2 rings (SSSR count). The van der Waals surface area contributed by atoms with E-state index in [-0.39, 0.29) is 18.2 Å². The molecule has 0 aliphatic carbocycles. The van der Waals surface area contributed by atoms with Crippen molar-refractivity contribution in [3.63, 3.8) is 0 Å². The number of thioether (sulfide) groups is 1. The molecule has 0 spiro atoms. The highest BCUT2D eigenvalue weighted by Crippen LogP contribution is 2.31. The molecule has 5 nitrogen and oxygen atoms in total. The van der Waals surface area contributed by atoms with Gasteiger partial charge >= 0.3 is 5.97 Å². The highest BCUT2D eigenvalue weighted by Gasteiger charge is 2.20. The third-order valence-corrected chi connectivity index (χ3v) is 5.27. The SMILES string of the molecule is COC(=O)c1cc(C(=O)NCC(=O)c2ccccc2)c(SC)s1. The molecule has 120 valence electrons. The van der Waals surface area contributed by atoms with Crippen LogP contribution in [0.3, 0.4) is 0 Å². The van der Waals surface area contributed by atoms with Gasteiger partial charge in [-0.2, -0.15) is 0 Å². The van der Waals surface area contributed by atoms with Gasteiger partial charge in [0, 0.05) is 5.56 Å². The van der Waals surface area contributed by atoms with Gasteiger partial charge in [0.15, 0.2) is 5.78 Å². The number of benzene rings is 1. The number of ether oxygens (including phenoxy) is 1. The van der Waals surface area contributed by atoms with Crippen LogP contribution >= 0.6 is 23.1 Å². The van der Waals surface area contributed by atoms with Crippen molar-refractivity contribution < 1.29 is 19.1 Å². The fraction of sp³-hybridized carbons (Fsp3) is 0.188. The standard InChI is InChI=1S/C16H15NO4S2/c1-21-15(20)13-8-11(16(22-2)23-13)14(19)17-9-12(18)10-6-4-3-5-7-10/h3-8H,9H2,1-2H3,(H,17,19). The first kappa shape index (κ1) is 17.2. The second-order valence-corrected chi connectivity index (χ2v) is 6.61. The molecule has 0 fully saturated rings. The number of amides is 1. The van der Waals surface area contributed by atoms with Crippen LogP contribution in [0.25, 0.3) is 0 Å². The van der Waals surface area contributed by atoms with Gasteiger partial charge in [-0.25, -0.2) is 4.79 Å². The van der Waals surface area contributed by atoms with Crippen molar-refractivity contribution in [1.82, 2.24) is 5.32 Å². The van der Waals surface area contributed by atoms with E-state index >= 15 is 0 Å². The summed E-state index contributed by atoms with van der Waals surface area (Å²) in [5, 5.41) is 2.59. The molecule has 0 saturated carbocycles. The molecular weight excluding hydrogens is 334 g/mol. The maximum atomic E-state index is 12.3. The van der Waals surface area contributed by atoms with Crippen molar-refractivity contribution in [3.05, 3.63) is 52.4 Å². The van der Waals surface area contributed by atoms with Crippen molar-refractivity contribution in [2.45, 2.75) is 4.21 Å². The van der Waals surface area contributed by atoms with Crippen LogP contribution in [-0.4, -0.2) is 37.6 Å². The zero-order valence-electron chi connectivity index (χ0n) is 12.6. The normalized spacial score (nSPS) is 10.2. The van der Waals surface area contributed by atoms with Gasteiger partial charge < -0.3 is 10.1 Å². The van der Waals surface area contributed by atoms with Crippen molar-refractivity contribution in [2.75, 3.05) is 19.9 Å². The lowest BCUT2D eigenvalue weighted by Crippen LogP contribution is -2.29. The summed E-state index contributed by atoms with van der Waals surface area (Å²) >= 11 is 2.56. The van der Waals surface area contributed by atoms with E-state index in [1.54, 1.807) is 24.3 Å². The monoisotopic (exact) mass is 349 g/mol. The van der Waals surface area contributed by atoms with E-state index in [0.717, 1.165) is 0 Å². The van der Waals surface area contributed by atoms with E-state index in [2.05, 4.69) is 10.1 Å². The summed E-state index contributed by atoms with van der Waals surface area (Å²) < 4.78 is 5.37. The quantitative estimate of drug-likeness (QED) is 0.493. The summed E-state index contributed by atoms with van der Waals surface area (Å²) in [7, 11) is 1.29. The number of rotatable bonds is 6. The largest absolute Gasteiger partial charge is 0.465 e. The first-order valence-corrected chi connectivity index (χ1v) is 8.73. The Bertz CT molecular complexity index is 725. The first-order valence-electron chi connectivity index (χ1n) is 6.69. The van der Waals surface area contributed by atoms with Crippen LogP contribution in [0.1, 0.15) is 30.4 Å². The second kappa shape index (κ2) is 7.94. The van der Waals surface area contributed by atoms with Gasteiger partial charge in [0.05, 0.1) is 23.4 Å². The molecule has 1 heterocycles. The van der Waals surface area contributed by atoms with Gasteiger partial charge in [0.1, 0.15) is 4.88 Å². The average Bonchev–Trinajstić information content (AvgIpc) is 3.03. The highest BCUT2D eigenvalue weighted by molar-refractivity contribution is 8.00. The summed E-state index contributed by atoms with van der Waals surface area (Å²) in [6, 6.07) is 10.2. The molecule has 1 aromatic carbocycles. The van der Waals surface area contributed by atoms with Gasteiger partial charge in [0.25, 0.3) is 5.91 Å². The molecule has 0 radical (unpaired) electrons. The lowest BCUT2D eigenvalue weighted by molar-refractivity contribution is 0.0606. The third kappa shape index (κ3) is 4.20. The topological polar surface area (TPSA) is 72.5 Å². The fourth-order valence-electron chi connectivity index (χ4n) is 1.87. The summed E-state index contributed by atoms with van der Waals surface area (Å²) in [6.45, 7) is -0.0972. The Morgan fingerprint density at radius 1 is 1.22 bits per heavy atom. The lowest BCUT2D eigenvalue weighted by Gasteiger charge is -2.04. The molecule has 7 heteroatoms. The van der Waals surface area contributed by atoms with Gasteiger partial charge in [-0.3, -0.25) is 9.59 Å². The molecule has 0 bridgehead atoms. The minimum Gasteiger partial charge on any atom is -0.465 e. The number of esters is 1. The molecule has 1 N–H and O–H groups in total. The third-order valence-electron chi connectivity index (χ3n) is 3.02. The number of ketones is 1. The molecule has 0 unspecified atom stereocenters. The van der Waals surface area contributed by atoms with Crippen LogP contribution in [0.15, 0.2) is 40.6 Å². The molecule has 0 aliphatic heterocycles. The Hall–Kier alpha value is -2.12. The average molecular weight is 349 g/mol. The summed E-state index contributed by atoms with van der Waals surface area (Å²) in [4.78, 5) is 36.2. The Morgan fingerprint density at radius 2 is 1.91 bits per heavy atom. The Balaban J connectivity index is 2.07. The van der Waals surface area contributed by atoms with E-state index in [1.807, 2.05) is 12.3 Å². The van der Waals surface area contributed by atoms with E-state index in [0.29, 0.717) is 20.2 Å². The molecule has 0 saturated heterocycles. The van der Waals surface area contributed by atoms with Crippen LogP contribution in [0.2, 0.25) is 0 Å². The first-order chi connectivity index (χ1) is 11.1. The predicted molar refractivity (Wildman–Crippen MR) is 90.5 cm³/mol. The minimum atomic E-state index is -0.482. The predicted octanol–water partition coefficient (Wildman–Crippen LogP) is 2.87. The molecule has 23 heavy (non-hydrogen) atoms. The zero-order chi connectivity index (χ0) is 16.8. The molecule has 1 aromatic heterocycles. The number of carbonyl (C=O) groups excluding carboxylic acids is 3. The summed E-state index contributed by atoms with van der Waals surface area (Å²) in [5.41, 5.74) is 0.919. The summed E-state index contributed by atoms with van der Waals surface area (Å²) in [6.07, 6.45) is 1.82. The maximum Gasteiger partial charge on any atom is 0.348 e. The van der Waals surface area contributed by atoms with Gasteiger partial charge in [-0.1, -0.05) is 30.3 Å². The number of carbonyl (C=O) groups is 3. The van der Waals surface area contributed by atoms with Crippen molar-refractivity contribution in [2.24, 2.45) is 0 Å². The van der Waals surface area contributed by atoms with Gasteiger partial charge in [0.2, 0.25) is 0 Å². The molecule has 1 amide bonds. The van der Waals surface area contributed by atoms with Crippen LogP contribution in [0.5, 0.6) is 0 Å². The number of nitrogens with one attached hydrogen (secondary N) is 1.